The first kappa shape index (κ1) is 28.5. The molecule has 1 aromatic heterocycles. The highest BCUT2D eigenvalue weighted by molar-refractivity contribution is 6.14. The molecule has 5 aromatic rings. The van der Waals surface area contributed by atoms with E-state index < -0.39 is 0 Å². The number of nitrogens with zero attached hydrogens (tertiary/aromatic N) is 2. The largest absolute Gasteiger partial charge is 0.456 e. The molecule has 0 saturated heterocycles. The lowest BCUT2D eigenvalue weighted by atomic mass is 9.82. The molecular weight excluding hydrogens is 599 g/mol. The molecule has 0 amide bonds. The van der Waals surface area contributed by atoms with E-state index in [0.717, 1.165) is 73.3 Å². The van der Waals surface area contributed by atoms with Gasteiger partial charge in [-0.2, -0.15) is 0 Å². The van der Waals surface area contributed by atoms with E-state index >= 15 is 0 Å². The number of aliphatic imine (C=N–C) groups is 2. The summed E-state index contributed by atoms with van der Waals surface area (Å²) in [6.07, 6.45) is 23.2. The van der Waals surface area contributed by atoms with Crippen molar-refractivity contribution in [3.8, 4) is 22.3 Å². The van der Waals surface area contributed by atoms with Gasteiger partial charge in [-0.05, 0) is 119 Å². The third-order valence-electron chi connectivity index (χ3n) is 10.9. The second-order valence-electron chi connectivity index (χ2n) is 13.9. The smallest absolute Gasteiger partial charge is 0.169 e. The number of allylic oxidation sites excluding steroid dienone is 7. The highest BCUT2D eigenvalue weighted by Crippen LogP contribution is 2.44. The Bertz CT molecular complexity index is 2410. The molecule has 4 heteroatoms. The van der Waals surface area contributed by atoms with E-state index in [1.165, 1.54) is 60.9 Å². The standard InChI is InChI=1S/C45H37N3O/c1-2-10-31(11-3-1)43-46-44(48-45(47-43)36-22-17-28-9-4-5-12-32(28)25-36)35-14-8-13-33(26-35)34-21-19-29-18-20-30-23-24-40-42(41(30)38(29)27-34)37-15-6-7-16-39(37)49-40/h2,5-8,10-17,19,21-24,26-27,36,43H,1,3-4,9,18,20,25H2,(H,46,47,48). The van der Waals surface area contributed by atoms with Crippen LogP contribution in [0.3, 0.4) is 0 Å². The van der Waals surface area contributed by atoms with Crippen LogP contribution in [-0.4, -0.2) is 17.8 Å². The molecule has 0 saturated carbocycles. The summed E-state index contributed by atoms with van der Waals surface area (Å²) >= 11 is 0. The Labute approximate surface area is 286 Å². The van der Waals surface area contributed by atoms with E-state index in [9.17, 15) is 0 Å². The SMILES string of the molecule is C1=CC(C2N=C(c3cccc(-c4ccc5c(c4)-c4c(ccc6oc7ccccc7c46)CC5)c3)NC(C3C=CC4=C(C=CCC4)C3)=N2)=CCC1. The first-order chi connectivity index (χ1) is 24.2. The molecule has 1 N–H and O–H groups in total. The van der Waals surface area contributed by atoms with Gasteiger partial charge in [0.05, 0.1) is 0 Å². The van der Waals surface area contributed by atoms with E-state index in [-0.39, 0.29) is 12.1 Å². The summed E-state index contributed by atoms with van der Waals surface area (Å²) in [6, 6.07) is 28.7. The fourth-order valence-corrected chi connectivity index (χ4v) is 8.32. The number of rotatable bonds is 4. The van der Waals surface area contributed by atoms with E-state index in [1.54, 1.807) is 0 Å². The zero-order chi connectivity index (χ0) is 32.3. The normalized spacial score (nSPS) is 21.1. The molecule has 2 atom stereocenters. The van der Waals surface area contributed by atoms with Gasteiger partial charge in [-0.15, -0.1) is 0 Å². The molecule has 4 aliphatic carbocycles. The maximum absolute atomic E-state index is 6.31. The summed E-state index contributed by atoms with van der Waals surface area (Å²) in [5.41, 5.74) is 14.9. The number of aryl methyl sites for hydroxylation is 2. The van der Waals surface area contributed by atoms with Crippen molar-refractivity contribution < 1.29 is 4.42 Å². The van der Waals surface area contributed by atoms with Crippen LogP contribution in [0.4, 0.5) is 0 Å². The summed E-state index contributed by atoms with van der Waals surface area (Å²) in [6.45, 7) is 0. The second-order valence-corrected chi connectivity index (χ2v) is 13.9. The maximum atomic E-state index is 6.31. The van der Waals surface area contributed by atoms with Crippen molar-refractivity contribution in [2.24, 2.45) is 15.9 Å². The lowest BCUT2D eigenvalue weighted by Crippen LogP contribution is -2.41. The van der Waals surface area contributed by atoms with Gasteiger partial charge in [0.25, 0.3) is 0 Å². The van der Waals surface area contributed by atoms with Crippen LogP contribution in [0.15, 0.2) is 153 Å². The Morgan fingerprint density at radius 3 is 2.51 bits per heavy atom. The molecule has 0 spiro atoms. The van der Waals surface area contributed by atoms with Crippen molar-refractivity contribution in [2.75, 3.05) is 0 Å². The van der Waals surface area contributed by atoms with Gasteiger partial charge >= 0.3 is 0 Å². The van der Waals surface area contributed by atoms with Gasteiger partial charge in [-0.25, -0.2) is 9.98 Å². The van der Waals surface area contributed by atoms with Gasteiger partial charge in [0.15, 0.2) is 6.17 Å². The highest BCUT2D eigenvalue weighted by atomic mass is 16.3. The summed E-state index contributed by atoms with van der Waals surface area (Å²) < 4.78 is 6.31. The minimum atomic E-state index is -0.246. The number of fused-ring (bicyclic) bond motifs is 7. The number of furan rings is 1. The molecule has 0 fully saturated rings. The predicted octanol–water partition coefficient (Wildman–Crippen LogP) is 10.6. The number of hydrogen-bond acceptors (Lipinski definition) is 4. The molecular formula is C45H37N3O. The number of nitrogens with one attached hydrogen (secondary N) is 1. The van der Waals surface area contributed by atoms with Crippen molar-refractivity contribution in [3.05, 3.63) is 155 Å². The van der Waals surface area contributed by atoms with Gasteiger partial charge < -0.3 is 9.73 Å². The van der Waals surface area contributed by atoms with Gasteiger partial charge in [-0.1, -0.05) is 97.1 Å². The van der Waals surface area contributed by atoms with Crippen LogP contribution in [0.2, 0.25) is 0 Å². The Morgan fingerprint density at radius 1 is 0.673 bits per heavy atom. The molecule has 2 heterocycles. The van der Waals surface area contributed by atoms with Crippen molar-refractivity contribution in [1.29, 1.82) is 0 Å². The van der Waals surface area contributed by atoms with Gasteiger partial charge in [-0.3, -0.25) is 0 Å². The van der Waals surface area contributed by atoms with Crippen molar-refractivity contribution in [1.82, 2.24) is 5.32 Å². The third kappa shape index (κ3) is 4.97. The summed E-state index contributed by atoms with van der Waals surface area (Å²) in [4.78, 5) is 10.5. The van der Waals surface area contributed by atoms with Crippen molar-refractivity contribution >= 4 is 33.6 Å². The zero-order valence-corrected chi connectivity index (χ0v) is 27.5. The lowest BCUT2D eigenvalue weighted by Gasteiger charge is -2.29. The fraction of sp³-hybridized carbons (Fsp3) is 0.200. The fourth-order valence-electron chi connectivity index (χ4n) is 8.32. The molecule has 238 valence electrons. The van der Waals surface area contributed by atoms with Crippen LogP contribution >= 0.6 is 0 Å². The third-order valence-corrected chi connectivity index (χ3v) is 10.9. The maximum Gasteiger partial charge on any atom is 0.169 e. The van der Waals surface area contributed by atoms with Crippen LogP contribution < -0.4 is 5.32 Å². The van der Waals surface area contributed by atoms with Crippen LogP contribution in [0, 0.1) is 5.92 Å². The molecule has 0 radical (unpaired) electrons. The van der Waals surface area contributed by atoms with Crippen LogP contribution in [-0.2, 0) is 12.8 Å². The van der Waals surface area contributed by atoms with E-state index in [0.29, 0.717) is 0 Å². The van der Waals surface area contributed by atoms with Crippen molar-refractivity contribution in [2.45, 2.75) is 51.1 Å². The minimum absolute atomic E-state index is 0.197. The molecule has 4 aromatic carbocycles. The summed E-state index contributed by atoms with van der Waals surface area (Å²) in [5.74, 6) is 2.09. The van der Waals surface area contributed by atoms with E-state index in [2.05, 4.69) is 127 Å². The van der Waals surface area contributed by atoms with E-state index in [1.807, 2.05) is 0 Å². The molecule has 4 nitrogen and oxygen atoms in total. The molecule has 10 rings (SSSR count). The number of hydrogen-bond donors (Lipinski definition) is 1. The first-order valence-electron chi connectivity index (χ1n) is 17.8. The zero-order valence-electron chi connectivity index (χ0n) is 27.5. The monoisotopic (exact) mass is 635 g/mol. The average Bonchev–Trinajstić information content (AvgIpc) is 3.56. The Hall–Kier alpha value is -5.48. The minimum Gasteiger partial charge on any atom is -0.456 e. The average molecular weight is 636 g/mol. The number of amidine groups is 2. The van der Waals surface area contributed by atoms with Crippen LogP contribution in [0.1, 0.15) is 48.8 Å². The quantitative estimate of drug-likeness (QED) is 0.214. The topological polar surface area (TPSA) is 49.9 Å². The van der Waals surface area contributed by atoms with Gasteiger partial charge in [0, 0.05) is 22.3 Å². The van der Waals surface area contributed by atoms with E-state index in [4.69, 9.17) is 14.4 Å². The number of benzene rings is 4. The summed E-state index contributed by atoms with van der Waals surface area (Å²) in [5, 5.41) is 6.14. The Morgan fingerprint density at radius 2 is 1.55 bits per heavy atom. The van der Waals surface area contributed by atoms with Gasteiger partial charge in [0.1, 0.15) is 22.8 Å². The number of para-hydroxylation sites is 1. The molecule has 5 aliphatic rings. The Kier molecular flexibility index (Phi) is 6.75. The molecule has 0 bridgehead atoms. The van der Waals surface area contributed by atoms with Gasteiger partial charge in [0.2, 0.25) is 0 Å². The molecule has 1 aliphatic heterocycles. The second kappa shape index (κ2) is 11.6. The van der Waals surface area contributed by atoms with Crippen LogP contribution in [0.25, 0.3) is 44.2 Å². The predicted molar refractivity (Wildman–Crippen MR) is 202 cm³/mol. The van der Waals surface area contributed by atoms with Crippen molar-refractivity contribution in [3.63, 3.8) is 0 Å². The summed E-state index contributed by atoms with van der Waals surface area (Å²) in [7, 11) is 0. The first-order valence-corrected chi connectivity index (χ1v) is 17.8. The van der Waals surface area contributed by atoms with Crippen LogP contribution in [0.5, 0.6) is 0 Å². The molecule has 49 heavy (non-hydrogen) atoms. The Balaban J connectivity index is 1.03. The lowest BCUT2D eigenvalue weighted by molar-refractivity contribution is 0.668. The molecule has 2 unspecified atom stereocenters. The highest BCUT2D eigenvalue weighted by Gasteiger charge is 2.28.